The summed E-state index contributed by atoms with van der Waals surface area (Å²) in [5, 5.41) is 24.7. The number of carboxylic acid groups (broad SMARTS) is 1. The molecule has 2 heterocycles. The molecule has 2 rings (SSSR count). The van der Waals surface area contributed by atoms with Gasteiger partial charge in [0.1, 0.15) is 11.6 Å². The first-order valence-corrected chi connectivity index (χ1v) is 6.62. The highest BCUT2D eigenvalue weighted by Gasteiger charge is 2.40. The van der Waals surface area contributed by atoms with Crippen LogP contribution in [0.1, 0.15) is 12.6 Å². The Hall–Kier alpha value is -2.16. The third-order valence-corrected chi connectivity index (χ3v) is 3.78. The number of aromatic nitrogens is 2. The van der Waals surface area contributed by atoms with Crippen LogP contribution < -0.4 is 4.90 Å². The molecule has 0 saturated carbocycles. The molecule has 9 heteroatoms. The minimum Gasteiger partial charge on any atom is -0.481 e. The van der Waals surface area contributed by atoms with Crippen LogP contribution in [0.4, 0.5) is 11.5 Å². The maximum atomic E-state index is 11.3. The average molecular weight is 298 g/mol. The van der Waals surface area contributed by atoms with E-state index in [0.29, 0.717) is 17.9 Å². The Morgan fingerprint density at radius 1 is 1.62 bits per heavy atom. The lowest BCUT2D eigenvalue weighted by Crippen LogP contribution is -2.42. The molecule has 0 aliphatic carbocycles. The van der Waals surface area contributed by atoms with Gasteiger partial charge in [0.2, 0.25) is 5.82 Å². The molecule has 0 bridgehead atoms. The van der Waals surface area contributed by atoms with E-state index < -0.39 is 22.9 Å². The Balaban J connectivity index is 2.43. The van der Waals surface area contributed by atoms with Gasteiger partial charge >= 0.3 is 11.7 Å². The van der Waals surface area contributed by atoms with E-state index in [2.05, 4.69) is 5.10 Å². The van der Waals surface area contributed by atoms with Gasteiger partial charge in [0.25, 0.3) is 0 Å². The van der Waals surface area contributed by atoms with E-state index in [9.17, 15) is 20.0 Å². The minimum absolute atomic E-state index is 0.0708. The van der Waals surface area contributed by atoms with Crippen LogP contribution in [0.25, 0.3) is 0 Å². The normalized spacial score (nSPS) is 21.5. The van der Waals surface area contributed by atoms with Crippen LogP contribution in [0.15, 0.2) is 0 Å². The van der Waals surface area contributed by atoms with Gasteiger partial charge in [0, 0.05) is 14.1 Å². The summed E-state index contributed by atoms with van der Waals surface area (Å²) in [4.78, 5) is 23.7. The fraction of sp³-hybridized carbons (Fsp3) is 0.667. The molecule has 2 atom stereocenters. The van der Waals surface area contributed by atoms with Gasteiger partial charge in [-0.25, -0.2) is 4.68 Å². The highest BCUT2D eigenvalue weighted by molar-refractivity contribution is 5.73. The summed E-state index contributed by atoms with van der Waals surface area (Å²) in [7, 11) is 3.25. The summed E-state index contributed by atoms with van der Waals surface area (Å²) in [5.74, 6) is -1.38. The fourth-order valence-corrected chi connectivity index (χ4v) is 2.70. The minimum atomic E-state index is -0.968. The van der Waals surface area contributed by atoms with Crippen LogP contribution in [0.2, 0.25) is 0 Å². The van der Waals surface area contributed by atoms with Crippen molar-refractivity contribution in [1.29, 1.82) is 0 Å². The SMILES string of the molecule is CCc1nn(C)c(N(C)C2COCC2C(=O)O)c1[N+](=O)[O-]. The number of anilines is 1. The van der Waals surface area contributed by atoms with Gasteiger partial charge in [-0.15, -0.1) is 0 Å². The van der Waals surface area contributed by atoms with Gasteiger partial charge < -0.3 is 14.7 Å². The molecule has 2 unspecified atom stereocenters. The number of carboxylic acids is 1. The Kier molecular flexibility index (Phi) is 4.12. The van der Waals surface area contributed by atoms with Crippen molar-refractivity contribution in [3.8, 4) is 0 Å². The van der Waals surface area contributed by atoms with Crippen molar-refractivity contribution in [3.05, 3.63) is 15.8 Å². The van der Waals surface area contributed by atoms with Crippen LogP contribution >= 0.6 is 0 Å². The van der Waals surface area contributed by atoms with Crippen LogP contribution in [0.3, 0.4) is 0 Å². The number of carbonyl (C=O) groups is 1. The first kappa shape index (κ1) is 15.2. The highest BCUT2D eigenvalue weighted by atomic mass is 16.6. The van der Waals surface area contributed by atoms with E-state index in [1.165, 1.54) is 4.68 Å². The zero-order chi connectivity index (χ0) is 15.7. The highest BCUT2D eigenvalue weighted by Crippen LogP contribution is 2.34. The summed E-state index contributed by atoms with van der Waals surface area (Å²) >= 11 is 0. The molecule has 0 aromatic carbocycles. The van der Waals surface area contributed by atoms with Gasteiger partial charge in [-0.1, -0.05) is 6.92 Å². The maximum absolute atomic E-state index is 11.3. The first-order chi connectivity index (χ1) is 9.88. The Morgan fingerprint density at radius 3 is 2.81 bits per heavy atom. The molecule has 0 radical (unpaired) electrons. The lowest BCUT2D eigenvalue weighted by Gasteiger charge is -2.27. The monoisotopic (exact) mass is 298 g/mol. The zero-order valence-electron chi connectivity index (χ0n) is 12.1. The maximum Gasteiger partial charge on any atom is 0.334 e. The number of hydrogen-bond acceptors (Lipinski definition) is 6. The van der Waals surface area contributed by atoms with Crippen LogP contribution in [0.5, 0.6) is 0 Å². The van der Waals surface area contributed by atoms with Crippen molar-refractivity contribution in [2.24, 2.45) is 13.0 Å². The number of rotatable bonds is 5. The molecule has 0 amide bonds. The van der Waals surface area contributed by atoms with E-state index in [-0.39, 0.29) is 18.9 Å². The van der Waals surface area contributed by atoms with E-state index in [0.717, 1.165) is 0 Å². The molecular weight excluding hydrogens is 280 g/mol. The van der Waals surface area contributed by atoms with E-state index in [1.54, 1.807) is 25.9 Å². The van der Waals surface area contributed by atoms with Crippen molar-refractivity contribution in [2.75, 3.05) is 25.2 Å². The van der Waals surface area contributed by atoms with Crippen molar-refractivity contribution < 1.29 is 19.6 Å². The predicted molar refractivity (Wildman–Crippen MR) is 73.4 cm³/mol. The Morgan fingerprint density at radius 2 is 2.29 bits per heavy atom. The summed E-state index contributed by atoms with van der Waals surface area (Å²) < 4.78 is 6.65. The second-order valence-electron chi connectivity index (χ2n) is 5.01. The van der Waals surface area contributed by atoms with Crippen molar-refractivity contribution in [1.82, 2.24) is 9.78 Å². The molecule has 1 aromatic heterocycles. The quantitative estimate of drug-likeness (QED) is 0.619. The van der Waals surface area contributed by atoms with Crippen LogP contribution in [-0.2, 0) is 23.0 Å². The fourth-order valence-electron chi connectivity index (χ4n) is 2.70. The lowest BCUT2D eigenvalue weighted by molar-refractivity contribution is -0.384. The molecule has 116 valence electrons. The number of aliphatic carboxylic acids is 1. The third kappa shape index (κ3) is 2.56. The smallest absolute Gasteiger partial charge is 0.334 e. The number of nitro groups is 1. The summed E-state index contributed by atoms with van der Waals surface area (Å²) in [5.41, 5.74) is 0.314. The summed E-state index contributed by atoms with van der Waals surface area (Å²) in [6, 6.07) is -0.457. The zero-order valence-corrected chi connectivity index (χ0v) is 12.1. The molecular formula is C12H18N4O5. The van der Waals surface area contributed by atoms with Crippen molar-refractivity contribution in [3.63, 3.8) is 0 Å². The third-order valence-electron chi connectivity index (χ3n) is 3.78. The topological polar surface area (TPSA) is 111 Å². The summed E-state index contributed by atoms with van der Waals surface area (Å²) in [6.45, 7) is 2.12. The molecule has 21 heavy (non-hydrogen) atoms. The van der Waals surface area contributed by atoms with Gasteiger partial charge in [-0.05, 0) is 6.42 Å². The van der Waals surface area contributed by atoms with Crippen molar-refractivity contribution in [2.45, 2.75) is 19.4 Å². The van der Waals surface area contributed by atoms with Gasteiger partial charge in [0.05, 0.1) is 24.2 Å². The second kappa shape index (κ2) is 5.68. The molecule has 0 spiro atoms. The molecule has 1 saturated heterocycles. The van der Waals surface area contributed by atoms with E-state index in [4.69, 9.17) is 4.74 Å². The largest absolute Gasteiger partial charge is 0.481 e. The van der Waals surface area contributed by atoms with Gasteiger partial charge in [-0.3, -0.25) is 14.9 Å². The number of aryl methyl sites for hydroxylation is 2. The van der Waals surface area contributed by atoms with E-state index >= 15 is 0 Å². The standard InChI is InChI=1S/C12H18N4O5/c1-4-8-10(16(19)20)11(15(3)13-8)14(2)9-6-21-5-7(9)12(17)18/h7,9H,4-6H2,1-3H3,(H,17,18). The predicted octanol–water partition coefficient (Wildman–Crippen LogP) is 0.427. The van der Waals surface area contributed by atoms with Crippen LogP contribution in [-0.4, -0.2) is 52.1 Å². The lowest BCUT2D eigenvalue weighted by atomic mass is 10.0. The summed E-state index contributed by atoms with van der Waals surface area (Å²) in [6.07, 6.45) is 0.432. The second-order valence-corrected chi connectivity index (χ2v) is 5.01. The van der Waals surface area contributed by atoms with Crippen LogP contribution in [0, 0.1) is 16.0 Å². The average Bonchev–Trinajstić information content (AvgIpc) is 3.01. The molecule has 1 aromatic rings. The first-order valence-electron chi connectivity index (χ1n) is 6.62. The number of ether oxygens (including phenoxy) is 1. The molecule has 1 aliphatic rings. The molecule has 1 fully saturated rings. The number of nitrogens with zero attached hydrogens (tertiary/aromatic N) is 4. The molecule has 1 aliphatic heterocycles. The van der Waals surface area contributed by atoms with Gasteiger partial charge in [-0.2, -0.15) is 5.10 Å². The number of likely N-dealkylation sites (N-methyl/N-ethyl adjacent to an activating group) is 1. The number of hydrogen-bond donors (Lipinski definition) is 1. The molecule has 9 nitrogen and oxygen atoms in total. The van der Waals surface area contributed by atoms with Crippen molar-refractivity contribution >= 4 is 17.5 Å². The Bertz CT molecular complexity index is 570. The van der Waals surface area contributed by atoms with Gasteiger partial charge in [0.15, 0.2) is 0 Å². The van der Waals surface area contributed by atoms with E-state index in [1.807, 2.05) is 0 Å². The molecule has 1 N–H and O–H groups in total. The Labute approximate surface area is 121 Å².